The Morgan fingerprint density at radius 1 is 1.08 bits per heavy atom. The highest BCUT2D eigenvalue weighted by Crippen LogP contribution is 2.32. The summed E-state index contributed by atoms with van der Waals surface area (Å²) in [6.07, 6.45) is -0.172. The molecule has 1 saturated heterocycles. The average Bonchev–Trinajstić information content (AvgIpc) is 3.22. The first kappa shape index (κ1) is 27.4. The van der Waals surface area contributed by atoms with Gasteiger partial charge >= 0.3 is 11.7 Å². The first-order chi connectivity index (χ1) is 18.6. The number of carbonyl (C=O) groups excluding carboxylic acids is 3. The zero-order valence-corrected chi connectivity index (χ0v) is 21.8. The number of amidine groups is 1. The number of carbonyl (C=O) groups is 3. The van der Waals surface area contributed by atoms with Gasteiger partial charge in [0.05, 0.1) is 12.2 Å². The lowest BCUT2D eigenvalue weighted by Crippen LogP contribution is -2.29. The second-order valence-corrected chi connectivity index (χ2v) is 9.76. The van der Waals surface area contributed by atoms with E-state index in [2.05, 4.69) is 25.6 Å². The van der Waals surface area contributed by atoms with Crippen molar-refractivity contribution in [1.82, 2.24) is 15.3 Å². The molecule has 2 atom stereocenters. The number of H-pyrrole nitrogens is 2. The second kappa shape index (κ2) is 11.8. The van der Waals surface area contributed by atoms with E-state index in [9.17, 15) is 29.1 Å². The van der Waals surface area contributed by atoms with Gasteiger partial charge in [0.25, 0.3) is 5.56 Å². The number of aryl methyl sites for hydroxylation is 1. The van der Waals surface area contributed by atoms with Crippen molar-refractivity contribution in [2.45, 2.75) is 31.6 Å². The molecule has 1 aliphatic heterocycles. The fourth-order valence-electron chi connectivity index (χ4n) is 3.79. The third-order valence-electron chi connectivity index (χ3n) is 5.70. The molecule has 2 heterocycles. The number of aliphatic imine (C=N–C) groups is 1. The summed E-state index contributed by atoms with van der Waals surface area (Å²) in [4.78, 5) is 69.9. The van der Waals surface area contributed by atoms with Gasteiger partial charge in [0.2, 0.25) is 17.7 Å². The van der Waals surface area contributed by atoms with Crippen molar-refractivity contribution in [2.75, 3.05) is 11.9 Å². The van der Waals surface area contributed by atoms with E-state index in [4.69, 9.17) is 4.74 Å². The highest BCUT2D eigenvalue weighted by molar-refractivity contribution is 8.15. The zero-order valence-electron chi connectivity index (χ0n) is 20.9. The minimum atomic E-state index is -1.06. The number of hydrogen-bond acceptors (Lipinski definition) is 9. The van der Waals surface area contributed by atoms with Crippen molar-refractivity contribution in [3.8, 4) is 5.88 Å². The number of hydrogen-bond donors (Lipinski definition) is 5. The van der Waals surface area contributed by atoms with Crippen molar-refractivity contribution in [3.05, 3.63) is 91.6 Å². The lowest BCUT2D eigenvalue weighted by Gasteiger charge is -2.14. The molecule has 39 heavy (non-hydrogen) atoms. The van der Waals surface area contributed by atoms with Crippen LogP contribution >= 0.6 is 11.8 Å². The Morgan fingerprint density at radius 3 is 2.41 bits per heavy atom. The minimum absolute atomic E-state index is 0.146. The third kappa shape index (κ3) is 6.62. The zero-order chi connectivity index (χ0) is 28.1. The van der Waals surface area contributed by atoms with Gasteiger partial charge in [-0.15, -0.1) is 0 Å². The molecule has 2 unspecified atom stereocenters. The largest absolute Gasteiger partial charge is 0.494 e. The van der Waals surface area contributed by atoms with Gasteiger partial charge in [0.1, 0.15) is 16.9 Å². The molecule has 0 spiro atoms. The van der Waals surface area contributed by atoms with Crippen LogP contribution in [0, 0.1) is 6.92 Å². The van der Waals surface area contributed by atoms with Gasteiger partial charge in [-0.3, -0.25) is 24.4 Å². The number of aromatic hydroxyl groups is 1. The Hall–Kier alpha value is -4.65. The second-order valence-electron chi connectivity index (χ2n) is 8.56. The van der Waals surface area contributed by atoms with E-state index in [1.165, 1.54) is 12.1 Å². The summed E-state index contributed by atoms with van der Waals surface area (Å²) in [6, 6.07) is 12.1. The maximum Gasteiger partial charge on any atom is 0.338 e. The molecule has 12 nitrogen and oxygen atoms in total. The summed E-state index contributed by atoms with van der Waals surface area (Å²) < 4.78 is 4.93. The van der Waals surface area contributed by atoms with Crippen LogP contribution in [-0.2, 0) is 14.3 Å². The van der Waals surface area contributed by atoms with Gasteiger partial charge in [-0.05, 0) is 43.7 Å². The molecule has 202 valence electrons. The molecule has 0 bridgehead atoms. The van der Waals surface area contributed by atoms with Gasteiger partial charge < -0.3 is 20.5 Å². The lowest BCUT2D eigenvalue weighted by atomic mass is 10.00. The first-order valence-corrected chi connectivity index (χ1v) is 12.8. The van der Waals surface area contributed by atoms with Crippen LogP contribution in [0.25, 0.3) is 0 Å². The van der Waals surface area contributed by atoms with Gasteiger partial charge in [-0.1, -0.05) is 41.6 Å². The Labute approximate surface area is 225 Å². The molecular formula is C26H25N5O7S. The van der Waals surface area contributed by atoms with Gasteiger partial charge in [0.15, 0.2) is 5.17 Å². The van der Waals surface area contributed by atoms with Crippen LogP contribution in [-0.4, -0.2) is 49.9 Å². The molecule has 1 aromatic heterocycles. The number of nitrogens with zero attached hydrogens (tertiary/aromatic N) is 1. The Bertz CT molecular complexity index is 1540. The molecule has 4 rings (SSSR count). The molecule has 2 aromatic carbocycles. The SMILES string of the molecule is CCOC(=O)c1ccc(NC(=O)CC2SC(=NC(c3ccc(C)cc3)c3c(O)[nH]c(=O)[nH]c3=O)NC2=O)cc1. The number of thioether (sulfide) groups is 1. The standard InChI is InChI=1S/C26H25N5O7S/c1-3-38-24(36)15-8-10-16(11-9-15)27-18(32)12-17-21(33)31-26(39-17)28-20(14-6-4-13(2)5-7-14)19-22(34)29-25(37)30-23(19)35/h4-11,17,20H,3,12H2,1-2H3,(H,27,32)(H,28,31,33)(H3,29,30,34,35,37). The van der Waals surface area contributed by atoms with Crippen molar-refractivity contribution in [2.24, 2.45) is 4.99 Å². The summed E-state index contributed by atoms with van der Waals surface area (Å²) in [5, 5.41) is 15.0. The van der Waals surface area contributed by atoms with Crippen molar-refractivity contribution in [1.29, 1.82) is 0 Å². The molecule has 13 heteroatoms. The van der Waals surface area contributed by atoms with Gasteiger partial charge in [-0.2, -0.15) is 0 Å². The number of ether oxygens (including phenoxy) is 1. The molecule has 0 radical (unpaired) electrons. The number of anilines is 1. The lowest BCUT2D eigenvalue weighted by molar-refractivity contribution is -0.122. The van der Waals surface area contributed by atoms with Gasteiger partial charge in [-0.25, -0.2) is 14.6 Å². The molecule has 1 aliphatic rings. The first-order valence-electron chi connectivity index (χ1n) is 11.9. The number of aromatic amines is 2. The Balaban J connectivity index is 1.51. The monoisotopic (exact) mass is 551 g/mol. The van der Waals surface area contributed by atoms with E-state index in [0.29, 0.717) is 16.8 Å². The number of benzene rings is 2. The Kier molecular flexibility index (Phi) is 8.30. The fraction of sp³-hybridized carbons (Fsp3) is 0.231. The van der Waals surface area contributed by atoms with Crippen LogP contribution in [0.5, 0.6) is 5.88 Å². The van der Waals surface area contributed by atoms with Crippen molar-refractivity contribution in [3.63, 3.8) is 0 Å². The van der Waals surface area contributed by atoms with Crippen LogP contribution in [0.2, 0.25) is 0 Å². The van der Waals surface area contributed by atoms with Crippen LogP contribution in [0.1, 0.15) is 46.4 Å². The molecule has 5 N–H and O–H groups in total. The highest BCUT2D eigenvalue weighted by atomic mass is 32.2. The van der Waals surface area contributed by atoms with Crippen molar-refractivity contribution < 1.29 is 24.2 Å². The average molecular weight is 552 g/mol. The Morgan fingerprint density at radius 2 is 1.77 bits per heavy atom. The van der Waals surface area contributed by atoms with E-state index >= 15 is 0 Å². The minimum Gasteiger partial charge on any atom is -0.494 e. The van der Waals surface area contributed by atoms with Crippen LogP contribution in [0.4, 0.5) is 5.69 Å². The van der Waals surface area contributed by atoms with E-state index in [1.807, 2.05) is 6.92 Å². The predicted molar refractivity (Wildman–Crippen MR) is 145 cm³/mol. The fourth-order valence-corrected chi connectivity index (χ4v) is 4.79. The highest BCUT2D eigenvalue weighted by Gasteiger charge is 2.34. The van der Waals surface area contributed by atoms with E-state index in [0.717, 1.165) is 17.3 Å². The summed E-state index contributed by atoms with van der Waals surface area (Å²) in [7, 11) is 0. The molecule has 0 aliphatic carbocycles. The van der Waals surface area contributed by atoms with Gasteiger partial charge in [0, 0.05) is 12.1 Å². The number of esters is 1. The molecular weight excluding hydrogens is 526 g/mol. The predicted octanol–water partition coefficient (Wildman–Crippen LogP) is 1.96. The topological polar surface area (TPSA) is 183 Å². The van der Waals surface area contributed by atoms with E-state index in [1.54, 1.807) is 43.3 Å². The maximum atomic E-state index is 12.6. The third-order valence-corrected chi connectivity index (χ3v) is 6.79. The van der Waals surface area contributed by atoms with E-state index < -0.39 is 46.2 Å². The van der Waals surface area contributed by atoms with E-state index in [-0.39, 0.29) is 23.8 Å². The van der Waals surface area contributed by atoms with Crippen molar-refractivity contribution >= 4 is 40.4 Å². The summed E-state index contributed by atoms with van der Waals surface area (Å²) >= 11 is 1.01. The summed E-state index contributed by atoms with van der Waals surface area (Å²) in [5.41, 5.74) is 0.369. The van der Waals surface area contributed by atoms with Crippen LogP contribution in [0.15, 0.2) is 63.1 Å². The number of rotatable bonds is 8. The molecule has 1 fully saturated rings. The maximum absolute atomic E-state index is 12.6. The number of aromatic nitrogens is 2. The number of amides is 2. The van der Waals surface area contributed by atoms with Crippen LogP contribution < -0.4 is 21.9 Å². The summed E-state index contributed by atoms with van der Waals surface area (Å²) in [5.74, 6) is -1.99. The quantitative estimate of drug-likeness (QED) is 0.263. The number of nitrogens with one attached hydrogen (secondary N) is 4. The molecule has 2 amide bonds. The molecule has 3 aromatic rings. The normalized spacial score (nSPS) is 16.5. The molecule has 0 saturated carbocycles. The van der Waals surface area contributed by atoms with Crippen LogP contribution in [0.3, 0.4) is 0 Å². The smallest absolute Gasteiger partial charge is 0.338 e. The summed E-state index contributed by atoms with van der Waals surface area (Å²) in [6.45, 7) is 3.83.